The Bertz CT molecular complexity index is 1500. The number of aromatic nitrogens is 5. The van der Waals surface area contributed by atoms with Crippen LogP contribution in [0.1, 0.15) is 24.2 Å². The Kier molecular flexibility index (Phi) is 5.22. The molecule has 33 heavy (non-hydrogen) atoms. The van der Waals surface area contributed by atoms with Crippen molar-refractivity contribution in [3.05, 3.63) is 65.4 Å². The third-order valence-corrected chi connectivity index (χ3v) is 5.38. The lowest BCUT2D eigenvalue weighted by Gasteiger charge is -2.07. The van der Waals surface area contributed by atoms with E-state index in [0.29, 0.717) is 44.6 Å². The summed E-state index contributed by atoms with van der Waals surface area (Å²) in [5.74, 6) is 1.08. The maximum atomic E-state index is 12.6. The number of ether oxygens (including phenoxy) is 1. The summed E-state index contributed by atoms with van der Waals surface area (Å²) < 4.78 is 7.78. The average molecular weight is 461 g/mol. The van der Waals surface area contributed by atoms with Crippen molar-refractivity contribution in [2.24, 2.45) is 7.05 Å². The summed E-state index contributed by atoms with van der Waals surface area (Å²) in [7, 11) is 1.87. The first-order valence-corrected chi connectivity index (χ1v) is 10.8. The molecule has 0 bridgehead atoms. The number of nitrogens with zero attached hydrogens (tertiary/aromatic N) is 4. The number of hydrogen-bond donors (Lipinski definition) is 2. The number of carbonyl (C=O) groups excluding carboxylic acids is 1. The number of nitrogens with one attached hydrogen (secondary N) is 2. The van der Waals surface area contributed by atoms with Crippen LogP contribution in [-0.2, 0) is 7.05 Å². The predicted molar refractivity (Wildman–Crippen MR) is 128 cm³/mol. The summed E-state index contributed by atoms with van der Waals surface area (Å²) in [6, 6.07) is 13.0. The second-order valence-electron chi connectivity index (χ2n) is 7.99. The van der Waals surface area contributed by atoms with E-state index < -0.39 is 0 Å². The Morgan fingerprint density at radius 2 is 2.00 bits per heavy atom. The topological polar surface area (TPSA) is 97.7 Å². The zero-order valence-corrected chi connectivity index (χ0v) is 19.0. The van der Waals surface area contributed by atoms with Crippen LogP contribution in [0.4, 0.5) is 0 Å². The van der Waals surface area contributed by atoms with Crippen molar-refractivity contribution in [1.82, 2.24) is 30.0 Å². The molecule has 5 rings (SSSR count). The molecule has 0 saturated heterocycles. The number of aryl methyl sites for hydroxylation is 1. The van der Waals surface area contributed by atoms with Crippen LogP contribution in [0.15, 0.2) is 54.9 Å². The smallest absolute Gasteiger partial charge is 0.255 e. The van der Waals surface area contributed by atoms with Gasteiger partial charge in [0.15, 0.2) is 5.65 Å². The molecule has 0 spiro atoms. The van der Waals surface area contributed by atoms with Gasteiger partial charge in [-0.1, -0.05) is 17.7 Å². The third kappa shape index (κ3) is 4.01. The molecule has 166 valence electrons. The van der Waals surface area contributed by atoms with Crippen LogP contribution in [0.5, 0.6) is 11.5 Å². The molecule has 0 atom stereocenters. The lowest BCUT2D eigenvalue weighted by Crippen LogP contribution is -2.29. The molecule has 5 aromatic rings. The Balaban J connectivity index is 1.58. The highest BCUT2D eigenvalue weighted by molar-refractivity contribution is 6.30. The quantitative estimate of drug-likeness (QED) is 0.380. The maximum Gasteiger partial charge on any atom is 0.255 e. The fraction of sp³-hybridized carbons (Fsp3) is 0.167. The van der Waals surface area contributed by atoms with E-state index in [2.05, 4.69) is 20.4 Å². The van der Waals surface area contributed by atoms with E-state index >= 15 is 0 Å². The van der Waals surface area contributed by atoms with Gasteiger partial charge in [-0.2, -0.15) is 5.10 Å². The van der Waals surface area contributed by atoms with Crippen LogP contribution >= 0.6 is 11.6 Å². The number of fused-ring (bicyclic) bond motifs is 2. The molecule has 2 aromatic carbocycles. The summed E-state index contributed by atoms with van der Waals surface area (Å²) in [6.07, 6.45) is 3.27. The van der Waals surface area contributed by atoms with Gasteiger partial charge in [0.25, 0.3) is 5.91 Å². The standard InChI is InChI=1S/C24H21ClN6O2/c1-13(2)28-24(32)18-11-26-23-22(18)29-19(12-27-23)21-17-10-16(7-8-20(17)31(3)30-21)33-15-6-4-5-14(25)9-15/h4-13H,1-3H3,(H,26,27)(H,28,32). The summed E-state index contributed by atoms with van der Waals surface area (Å²) in [4.78, 5) is 24.8. The van der Waals surface area contributed by atoms with E-state index in [1.165, 1.54) is 0 Å². The molecule has 9 heteroatoms. The monoisotopic (exact) mass is 460 g/mol. The van der Waals surface area contributed by atoms with Crippen molar-refractivity contribution in [2.75, 3.05) is 0 Å². The number of rotatable bonds is 5. The number of amides is 1. The number of halogens is 1. The largest absolute Gasteiger partial charge is 0.457 e. The van der Waals surface area contributed by atoms with Crippen LogP contribution < -0.4 is 10.1 Å². The van der Waals surface area contributed by atoms with Crippen molar-refractivity contribution in [3.63, 3.8) is 0 Å². The molecular formula is C24H21ClN6O2. The first kappa shape index (κ1) is 21.0. The first-order chi connectivity index (χ1) is 15.9. The van der Waals surface area contributed by atoms with Crippen molar-refractivity contribution in [1.29, 1.82) is 0 Å². The van der Waals surface area contributed by atoms with Crippen LogP contribution in [-0.4, -0.2) is 36.7 Å². The number of benzene rings is 2. The average Bonchev–Trinajstić information content (AvgIpc) is 3.34. The summed E-state index contributed by atoms with van der Waals surface area (Å²) in [5.41, 5.74) is 3.60. The van der Waals surface area contributed by atoms with Crippen LogP contribution in [0.3, 0.4) is 0 Å². The normalized spacial score (nSPS) is 11.4. The minimum absolute atomic E-state index is 0.0104. The maximum absolute atomic E-state index is 12.6. The highest BCUT2D eigenvalue weighted by Gasteiger charge is 2.19. The van der Waals surface area contributed by atoms with Gasteiger partial charge in [-0.3, -0.25) is 9.48 Å². The first-order valence-electron chi connectivity index (χ1n) is 10.4. The van der Waals surface area contributed by atoms with Gasteiger partial charge in [-0.05, 0) is 50.2 Å². The van der Waals surface area contributed by atoms with E-state index in [4.69, 9.17) is 21.3 Å². The highest BCUT2D eigenvalue weighted by atomic mass is 35.5. The summed E-state index contributed by atoms with van der Waals surface area (Å²) in [6.45, 7) is 3.82. The Morgan fingerprint density at radius 3 is 2.79 bits per heavy atom. The van der Waals surface area contributed by atoms with Crippen molar-refractivity contribution < 1.29 is 9.53 Å². The summed E-state index contributed by atoms with van der Waals surface area (Å²) in [5, 5.41) is 9.01. The molecule has 0 fully saturated rings. The zero-order valence-electron chi connectivity index (χ0n) is 18.3. The molecule has 0 aliphatic rings. The van der Waals surface area contributed by atoms with Crippen molar-refractivity contribution in [2.45, 2.75) is 19.9 Å². The SMILES string of the molecule is CC(C)NC(=O)c1c[nH]c2ncc(-c3nn(C)c4ccc(Oc5cccc(Cl)c5)cc34)nc12. The summed E-state index contributed by atoms with van der Waals surface area (Å²) >= 11 is 6.08. The van der Waals surface area contributed by atoms with Gasteiger partial charge < -0.3 is 15.0 Å². The Hall–Kier alpha value is -3.91. The second kappa shape index (κ2) is 8.22. The molecule has 0 unspecified atom stereocenters. The minimum atomic E-state index is -0.203. The molecule has 0 saturated carbocycles. The van der Waals surface area contributed by atoms with Gasteiger partial charge in [-0.15, -0.1) is 0 Å². The van der Waals surface area contributed by atoms with Gasteiger partial charge in [0, 0.05) is 29.7 Å². The number of H-pyrrole nitrogens is 1. The minimum Gasteiger partial charge on any atom is -0.457 e. The molecule has 0 radical (unpaired) electrons. The lowest BCUT2D eigenvalue weighted by atomic mass is 10.1. The number of carbonyl (C=O) groups is 1. The van der Waals surface area contributed by atoms with E-state index in [9.17, 15) is 4.79 Å². The molecular weight excluding hydrogens is 440 g/mol. The third-order valence-electron chi connectivity index (χ3n) is 5.14. The van der Waals surface area contributed by atoms with Gasteiger partial charge >= 0.3 is 0 Å². The second-order valence-corrected chi connectivity index (χ2v) is 8.43. The Morgan fingerprint density at radius 1 is 1.18 bits per heavy atom. The van der Waals surface area contributed by atoms with E-state index in [-0.39, 0.29) is 11.9 Å². The van der Waals surface area contributed by atoms with Gasteiger partial charge in [-0.25, -0.2) is 9.97 Å². The van der Waals surface area contributed by atoms with Crippen molar-refractivity contribution in [3.8, 4) is 22.9 Å². The van der Waals surface area contributed by atoms with Crippen LogP contribution in [0.25, 0.3) is 33.5 Å². The molecule has 1 amide bonds. The Labute approximate surface area is 194 Å². The fourth-order valence-corrected chi connectivity index (χ4v) is 3.86. The van der Waals surface area contributed by atoms with E-state index in [1.54, 1.807) is 29.2 Å². The molecule has 3 aromatic heterocycles. The van der Waals surface area contributed by atoms with Crippen molar-refractivity contribution >= 4 is 39.6 Å². The van der Waals surface area contributed by atoms with Gasteiger partial charge in [0.1, 0.15) is 28.4 Å². The fourth-order valence-electron chi connectivity index (χ4n) is 3.68. The van der Waals surface area contributed by atoms with Crippen LogP contribution in [0, 0.1) is 0 Å². The zero-order chi connectivity index (χ0) is 23.1. The highest BCUT2D eigenvalue weighted by Crippen LogP contribution is 2.32. The molecule has 2 N–H and O–H groups in total. The van der Waals surface area contributed by atoms with E-state index in [1.807, 2.05) is 51.2 Å². The van der Waals surface area contributed by atoms with E-state index in [0.717, 1.165) is 10.9 Å². The van der Waals surface area contributed by atoms with Gasteiger partial charge in [0.05, 0.1) is 17.3 Å². The van der Waals surface area contributed by atoms with Gasteiger partial charge in [0.2, 0.25) is 0 Å². The number of hydrogen-bond acceptors (Lipinski definition) is 5. The molecule has 0 aliphatic heterocycles. The molecule has 8 nitrogen and oxygen atoms in total. The van der Waals surface area contributed by atoms with Crippen LogP contribution in [0.2, 0.25) is 5.02 Å². The molecule has 0 aliphatic carbocycles. The lowest BCUT2D eigenvalue weighted by molar-refractivity contribution is 0.0944. The number of aromatic amines is 1. The predicted octanol–water partition coefficient (Wildman–Crippen LogP) is 5.10. The molecule has 3 heterocycles.